The molecule has 0 aromatic carbocycles. The summed E-state index contributed by atoms with van der Waals surface area (Å²) in [5.74, 6) is 1.20. The zero-order chi connectivity index (χ0) is 9.68. The van der Waals surface area contributed by atoms with Crippen LogP contribution in [0.2, 0.25) is 0 Å². The Kier molecular flexibility index (Phi) is 5.14. The lowest BCUT2D eigenvalue weighted by Gasteiger charge is -2.26. The standard InChI is InChI=1S/C10H20O2S/c1-8(2)12-7-9(11)10-5-3-4-6-13-10/h8-11H,3-7H2,1-2H3. The fraction of sp³-hybridized carbons (Fsp3) is 1.00. The van der Waals surface area contributed by atoms with Crippen LogP contribution in [0.5, 0.6) is 0 Å². The Morgan fingerprint density at radius 1 is 1.46 bits per heavy atom. The Morgan fingerprint density at radius 3 is 2.77 bits per heavy atom. The predicted molar refractivity (Wildman–Crippen MR) is 57.2 cm³/mol. The van der Waals surface area contributed by atoms with E-state index in [0.29, 0.717) is 11.9 Å². The molecule has 1 fully saturated rings. The van der Waals surface area contributed by atoms with Crippen molar-refractivity contribution in [3.63, 3.8) is 0 Å². The first-order chi connectivity index (χ1) is 6.20. The number of thioether (sulfide) groups is 1. The largest absolute Gasteiger partial charge is 0.390 e. The number of ether oxygens (including phenoxy) is 1. The Bertz CT molecular complexity index is 133. The van der Waals surface area contributed by atoms with Crippen molar-refractivity contribution in [3.8, 4) is 0 Å². The number of aliphatic hydroxyl groups is 1. The van der Waals surface area contributed by atoms with Crippen LogP contribution in [0.25, 0.3) is 0 Å². The molecule has 1 saturated heterocycles. The van der Waals surface area contributed by atoms with Crippen LogP contribution in [0.3, 0.4) is 0 Å². The van der Waals surface area contributed by atoms with Gasteiger partial charge in [-0.05, 0) is 32.4 Å². The van der Waals surface area contributed by atoms with E-state index in [1.54, 1.807) is 0 Å². The summed E-state index contributed by atoms with van der Waals surface area (Å²) < 4.78 is 5.39. The molecule has 1 rings (SSSR count). The second kappa shape index (κ2) is 5.89. The Balaban J connectivity index is 2.17. The number of aliphatic hydroxyl groups excluding tert-OH is 1. The monoisotopic (exact) mass is 204 g/mol. The molecule has 0 saturated carbocycles. The van der Waals surface area contributed by atoms with Crippen LogP contribution in [-0.4, -0.2) is 34.9 Å². The van der Waals surface area contributed by atoms with Crippen molar-refractivity contribution in [1.29, 1.82) is 0 Å². The van der Waals surface area contributed by atoms with Crippen LogP contribution in [0.1, 0.15) is 33.1 Å². The number of hydrogen-bond acceptors (Lipinski definition) is 3. The van der Waals surface area contributed by atoms with Gasteiger partial charge in [-0.2, -0.15) is 11.8 Å². The molecule has 0 spiro atoms. The van der Waals surface area contributed by atoms with E-state index in [0.717, 1.165) is 6.42 Å². The fourth-order valence-electron chi connectivity index (χ4n) is 1.47. The molecule has 0 aromatic rings. The van der Waals surface area contributed by atoms with Crippen molar-refractivity contribution in [1.82, 2.24) is 0 Å². The van der Waals surface area contributed by atoms with E-state index >= 15 is 0 Å². The van der Waals surface area contributed by atoms with Crippen molar-refractivity contribution < 1.29 is 9.84 Å². The van der Waals surface area contributed by atoms with E-state index in [2.05, 4.69) is 0 Å². The Hall–Kier alpha value is 0.270. The van der Waals surface area contributed by atoms with Gasteiger partial charge >= 0.3 is 0 Å². The lowest BCUT2D eigenvalue weighted by atomic mass is 10.1. The van der Waals surface area contributed by atoms with E-state index < -0.39 is 0 Å². The van der Waals surface area contributed by atoms with E-state index in [1.807, 2.05) is 25.6 Å². The molecule has 2 atom stereocenters. The van der Waals surface area contributed by atoms with Crippen LogP contribution in [0.15, 0.2) is 0 Å². The topological polar surface area (TPSA) is 29.5 Å². The van der Waals surface area contributed by atoms with Crippen LogP contribution >= 0.6 is 11.8 Å². The van der Waals surface area contributed by atoms with Crippen LogP contribution in [-0.2, 0) is 4.74 Å². The van der Waals surface area contributed by atoms with Crippen molar-refractivity contribution in [2.75, 3.05) is 12.4 Å². The first kappa shape index (κ1) is 11.3. The molecule has 78 valence electrons. The molecule has 3 heteroatoms. The highest BCUT2D eigenvalue weighted by atomic mass is 32.2. The summed E-state index contributed by atoms with van der Waals surface area (Å²) in [6.45, 7) is 4.50. The zero-order valence-corrected chi connectivity index (χ0v) is 9.35. The van der Waals surface area contributed by atoms with E-state index in [1.165, 1.54) is 18.6 Å². The summed E-state index contributed by atoms with van der Waals surface area (Å²) in [6.07, 6.45) is 3.67. The molecule has 1 aliphatic rings. The molecule has 0 bridgehead atoms. The smallest absolute Gasteiger partial charge is 0.0892 e. The summed E-state index contributed by atoms with van der Waals surface area (Å²) in [4.78, 5) is 0. The number of hydrogen-bond donors (Lipinski definition) is 1. The Morgan fingerprint density at radius 2 is 2.23 bits per heavy atom. The molecule has 0 aliphatic carbocycles. The molecular weight excluding hydrogens is 184 g/mol. The van der Waals surface area contributed by atoms with Gasteiger partial charge < -0.3 is 9.84 Å². The third kappa shape index (κ3) is 4.34. The van der Waals surface area contributed by atoms with Gasteiger partial charge in [0.25, 0.3) is 0 Å². The highest BCUT2D eigenvalue weighted by Crippen LogP contribution is 2.27. The molecule has 2 nitrogen and oxygen atoms in total. The van der Waals surface area contributed by atoms with Gasteiger partial charge in [0, 0.05) is 5.25 Å². The van der Waals surface area contributed by atoms with Gasteiger partial charge in [0.15, 0.2) is 0 Å². The van der Waals surface area contributed by atoms with Crippen molar-refractivity contribution in [3.05, 3.63) is 0 Å². The molecule has 2 unspecified atom stereocenters. The lowest BCUT2D eigenvalue weighted by Crippen LogP contribution is -2.31. The van der Waals surface area contributed by atoms with Gasteiger partial charge in [0.2, 0.25) is 0 Å². The first-order valence-electron chi connectivity index (χ1n) is 5.11. The lowest BCUT2D eigenvalue weighted by molar-refractivity contribution is 0.00405. The summed E-state index contributed by atoms with van der Waals surface area (Å²) >= 11 is 1.89. The van der Waals surface area contributed by atoms with Gasteiger partial charge in [-0.25, -0.2) is 0 Å². The van der Waals surface area contributed by atoms with Crippen molar-refractivity contribution in [2.24, 2.45) is 0 Å². The van der Waals surface area contributed by atoms with Crippen molar-refractivity contribution in [2.45, 2.75) is 50.6 Å². The quantitative estimate of drug-likeness (QED) is 0.760. The van der Waals surface area contributed by atoms with Gasteiger partial charge in [-0.1, -0.05) is 6.42 Å². The molecule has 1 N–H and O–H groups in total. The molecule has 0 radical (unpaired) electrons. The molecule has 13 heavy (non-hydrogen) atoms. The third-order valence-electron chi connectivity index (χ3n) is 2.24. The normalized spacial score (nSPS) is 26.3. The van der Waals surface area contributed by atoms with Gasteiger partial charge in [0.1, 0.15) is 0 Å². The van der Waals surface area contributed by atoms with Gasteiger partial charge in [0.05, 0.1) is 18.8 Å². The van der Waals surface area contributed by atoms with Gasteiger partial charge in [-0.3, -0.25) is 0 Å². The fourth-order valence-corrected chi connectivity index (χ4v) is 2.78. The maximum Gasteiger partial charge on any atom is 0.0892 e. The average molecular weight is 204 g/mol. The summed E-state index contributed by atoms with van der Waals surface area (Å²) in [6, 6.07) is 0. The second-order valence-corrected chi connectivity index (χ2v) is 5.20. The van der Waals surface area contributed by atoms with Crippen LogP contribution in [0, 0.1) is 0 Å². The third-order valence-corrected chi connectivity index (χ3v) is 3.75. The van der Waals surface area contributed by atoms with E-state index in [9.17, 15) is 5.11 Å². The van der Waals surface area contributed by atoms with Gasteiger partial charge in [-0.15, -0.1) is 0 Å². The summed E-state index contributed by atoms with van der Waals surface area (Å²) in [5.41, 5.74) is 0. The van der Waals surface area contributed by atoms with E-state index in [4.69, 9.17) is 4.74 Å². The Labute approximate surface area is 85.0 Å². The SMILES string of the molecule is CC(C)OCC(O)C1CCCCS1. The molecule has 0 aromatic heterocycles. The molecule has 1 heterocycles. The average Bonchev–Trinajstić information content (AvgIpc) is 2.15. The second-order valence-electron chi connectivity index (χ2n) is 3.85. The maximum absolute atomic E-state index is 9.78. The van der Waals surface area contributed by atoms with E-state index in [-0.39, 0.29) is 12.2 Å². The number of rotatable bonds is 4. The summed E-state index contributed by atoms with van der Waals surface area (Å²) in [7, 11) is 0. The van der Waals surface area contributed by atoms with Crippen LogP contribution < -0.4 is 0 Å². The molecule has 0 amide bonds. The minimum Gasteiger partial charge on any atom is -0.390 e. The highest BCUT2D eigenvalue weighted by molar-refractivity contribution is 8.00. The highest BCUT2D eigenvalue weighted by Gasteiger charge is 2.22. The minimum atomic E-state index is -0.271. The predicted octanol–water partition coefficient (Wildman–Crippen LogP) is 2.06. The van der Waals surface area contributed by atoms with Crippen LogP contribution in [0.4, 0.5) is 0 Å². The minimum absolute atomic E-state index is 0.225. The molecular formula is C10H20O2S. The first-order valence-corrected chi connectivity index (χ1v) is 6.16. The maximum atomic E-state index is 9.78. The zero-order valence-electron chi connectivity index (χ0n) is 8.53. The summed E-state index contributed by atoms with van der Waals surface area (Å²) in [5, 5.41) is 10.2. The van der Waals surface area contributed by atoms with Crippen molar-refractivity contribution >= 4 is 11.8 Å². The molecule has 1 aliphatic heterocycles.